The van der Waals surface area contributed by atoms with Crippen LogP contribution in [0.2, 0.25) is 0 Å². The van der Waals surface area contributed by atoms with Crippen molar-refractivity contribution in [3.8, 4) is 0 Å². The largest absolute Gasteiger partial charge is 0.351 e. The van der Waals surface area contributed by atoms with Crippen molar-refractivity contribution < 1.29 is 0 Å². The molecule has 0 unspecified atom stereocenters. The van der Waals surface area contributed by atoms with Crippen molar-refractivity contribution in [2.45, 2.75) is 13.3 Å². The number of halogens is 1. The minimum absolute atomic E-state index is 0.612. The minimum Gasteiger partial charge on any atom is -0.351 e. The predicted octanol–water partition coefficient (Wildman–Crippen LogP) is 5.02. The quantitative estimate of drug-likeness (QED) is 0.750. The number of allylic oxidation sites excluding steroid dienone is 3. The van der Waals surface area contributed by atoms with Gasteiger partial charge in [0, 0.05) is 29.4 Å². The van der Waals surface area contributed by atoms with Crippen LogP contribution < -0.4 is 5.73 Å². The van der Waals surface area contributed by atoms with Gasteiger partial charge in [-0.1, -0.05) is 0 Å². The zero-order chi connectivity index (χ0) is 17.1. The Hall–Kier alpha value is -1.69. The van der Waals surface area contributed by atoms with Crippen molar-refractivity contribution in [3.63, 3.8) is 0 Å². The molecule has 3 heterocycles. The summed E-state index contributed by atoms with van der Waals surface area (Å²) in [5.74, 6) is 0. The van der Waals surface area contributed by atoms with Gasteiger partial charge >= 0.3 is 0 Å². The van der Waals surface area contributed by atoms with Crippen LogP contribution in [0.1, 0.15) is 23.9 Å². The van der Waals surface area contributed by atoms with Crippen LogP contribution in [0.25, 0.3) is 11.6 Å². The number of nitrogens with zero attached hydrogens (tertiary/aromatic N) is 2. The summed E-state index contributed by atoms with van der Waals surface area (Å²) in [5, 5.41) is 0. The van der Waals surface area contributed by atoms with Gasteiger partial charge in [0.2, 0.25) is 0 Å². The number of aromatic nitrogens is 1. The Labute approximate surface area is 155 Å². The van der Waals surface area contributed by atoms with E-state index in [9.17, 15) is 0 Å². The molecular weight excluding hydrogens is 382 g/mol. The molecule has 3 nitrogen and oxygen atoms in total. The Kier molecular flexibility index (Phi) is 5.33. The fourth-order valence-electron chi connectivity index (χ4n) is 2.80. The van der Waals surface area contributed by atoms with E-state index in [-0.39, 0.29) is 0 Å². The Morgan fingerprint density at radius 3 is 2.79 bits per heavy atom. The molecule has 0 spiro atoms. The molecule has 2 aromatic heterocycles. The molecule has 0 saturated heterocycles. The molecule has 3 rings (SSSR count). The molecular formula is C19H20BrN3S. The average Bonchev–Trinajstić information content (AvgIpc) is 3.24. The normalized spacial score (nSPS) is 16.7. The maximum absolute atomic E-state index is 5.84. The van der Waals surface area contributed by atoms with Gasteiger partial charge in [-0.15, -0.1) is 11.3 Å². The van der Waals surface area contributed by atoms with E-state index in [0.29, 0.717) is 6.54 Å². The van der Waals surface area contributed by atoms with Crippen molar-refractivity contribution in [1.29, 1.82) is 0 Å². The summed E-state index contributed by atoms with van der Waals surface area (Å²) in [5.41, 5.74) is 11.5. The Morgan fingerprint density at radius 2 is 2.17 bits per heavy atom. The highest BCUT2D eigenvalue weighted by Gasteiger charge is 2.17. The lowest BCUT2D eigenvalue weighted by Crippen LogP contribution is -2.05. The van der Waals surface area contributed by atoms with Crippen LogP contribution >= 0.6 is 27.3 Å². The maximum Gasteiger partial charge on any atom is 0.0720 e. The highest BCUT2D eigenvalue weighted by Crippen LogP contribution is 2.31. The molecule has 0 saturated carbocycles. The zero-order valence-corrected chi connectivity index (χ0v) is 16.2. The molecule has 2 aromatic rings. The summed E-state index contributed by atoms with van der Waals surface area (Å²) in [4.78, 5) is 6.05. The smallest absolute Gasteiger partial charge is 0.0720 e. The first-order valence-corrected chi connectivity index (χ1v) is 9.45. The van der Waals surface area contributed by atoms with Gasteiger partial charge in [0.15, 0.2) is 0 Å². The van der Waals surface area contributed by atoms with Crippen LogP contribution in [0, 0.1) is 0 Å². The first-order valence-electron chi connectivity index (χ1n) is 7.84. The van der Waals surface area contributed by atoms with Crippen LogP contribution in [0.15, 0.2) is 62.7 Å². The van der Waals surface area contributed by atoms with Gasteiger partial charge in [0.25, 0.3) is 0 Å². The van der Waals surface area contributed by atoms with Crippen molar-refractivity contribution in [2.24, 2.45) is 17.8 Å². The number of aryl methyl sites for hydroxylation is 1. The summed E-state index contributed by atoms with van der Waals surface area (Å²) in [7, 11) is 2.06. The Morgan fingerprint density at radius 1 is 1.33 bits per heavy atom. The molecule has 1 aliphatic rings. The summed E-state index contributed by atoms with van der Waals surface area (Å²) >= 11 is 5.20. The van der Waals surface area contributed by atoms with Crippen molar-refractivity contribution in [3.05, 3.63) is 68.2 Å². The number of rotatable bonds is 5. The lowest BCUT2D eigenvalue weighted by atomic mass is 10.0. The molecule has 5 heteroatoms. The van der Waals surface area contributed by atoms with Crippen molar-refractivity contribution in [1.82, 2.24) is 4.57 Å². The zero-order valence-electron chi connectivity index (χ0n) is 13.8. The Bertz CT molecular complexity index is 865. The molecule has 0 radical (unpaired) electrons. The van der Waals surface area contributed by atoms with Crippen LogP contribution in [0.5, 0.6) is 0 Å². The van der Waals surface area contributed by atoms with E-state index in [4.69, 9.17) is 10.7 Å². The van der Waals surface area contributed by atoms with Gasteiger partial charge in [0.05, 0.1) is 15.2 Å². The third kappa shape index (κ3) is 3.69. The van der Waals surface area contributed by atoms with Gasteiger partial charge in [0.1, 0.15) is 0 Å². The fraction of sp³-hybridized carbons (Fsp3) is 0.211. The third-order valence-corrected chi connectivity index (χ3v) is 5.51. The van der Waals surface area contributed by atoms with E-state index in [0.717, 1.165) is 21.6 Å². The number of thiophene rings is 1. The highest BCUT2D eigenvalue weighted by molar-refractivity contribution is 9.11. The van der Waals surface area contributed by atoms with Gasteiger partial charge in [-0.3, -0.25) is 0 Å². The molecule has 0 aromatic carbocycles. The molecule has 0 amide bonds. The van der Waals surface area contributed by atoms with Gasteiger partial charge < -0.3 is 10.3 Å². The minimum atomic E-state index is 0.612. The number of aliphatic imine (C=N–C) groups is 1. The summed E-state index contributed by atoms with van der Waals surface area (Å²) < 4.78 is 3.26. The second-order valence-electron chi connectivity index (χ2n) is 5.71. The lowest BCUT2D eigenvalue weighted by Gasteiger charge is -2.11. The molecule has 0 aliphatic carbocycles. The Balaban J connectivity index is 1.95. The SMILES string of the molecule is CC1=CC(C=Cc2ccc(Br)s2)=NC1=C(CCN)c1cccn1C. The number of hydrogen-bond donors (Lipinski definition) is 1. The van der Waals surface area contributed by atoms with E-state index in [1.165, 1.54) is 21.7 Å². The molecule has 24 heavy (non-hydrogen) atoms. The summed E-state index contributed by atoms with van der Waals surface area (Å²) in [6.45, 7) is 2.72. The van der Waals surface area contributed by atoms with E-state index in [1.807, 2.05) is 0 Å². The average molecular weight is 402 g/mol. The summed E-state index contributed by atoms with van der Waals surface area (Å²) in [6.07, 6.45) is 9.18. The fourth-order valence-corrected chi connectivity index (χ4v) is 4.13. The number of hydrogen-bond acceptors (Lipinski definition) is 3. The van der Waals surface area contributed by atoms with Gasteiger partial charge in [-0.2, -0.15) is 0 Å². The van der Waals surface area contributed by atoms with Gasteiger partial charge in [-0.05, 0) is 83.9 Å². The van der Waals surface area contributed by atoms with E-state index >= 15 is 0 Å². The third-order valence-electron chi connectivity index (χ3n) is 3.92. The first-order chi connectivity index (χ1) is 11.6. The first kappa shape index (κ1) is 17.1. The number of nitrogens with two attached hydrogens (primary N) is 1. The van der Waals surface area contributed by atoms with E-state index in [1.54, 1.807) is 11.3 Å². The van der Waals surface area contributed by atoms with Crippen LogP contribution in [-0.2, 0) is 7.05 Å². The topological polar surface area (TPSA) is 43.3 Å². The monoisotopic (exact) mass is 401 g/mol. The van der Waals surface area contributed by atoms with Crippen LogP contribution in [0.4, 0.5) is 0 Å². The maximum atomic E-state index is 5.84. The van der Waals surface area contributed by atoms with Crippen LogP contribution in [-0.4, -0.2) is 16.8 Å². The molecule has 0 bridgehead atoms. The highest BCUT2D eigenvalue weighted by atomic mass is 79.9. The molecule has 124 valence electrons. The van der Waals surface area contributed by atoms with Crippen molar-refractivity contribution >= 4 is 44.6 Å². The van der Waals surface area contributed by atoms with Crippen LogP contribution in [0.3, 0.4) is 0 Å². The van der Waals surface area contributed by atoms with E-state index < -0.39 is 0 Å². The van der Waals surface area contributed by atoms with Crippen molar-refractivity contribution in [2.75, 3.05) is 6.54 Å². The second kappa shape index (κ2) is 7.47. The van der Waals surface area contributed by atoms with E-state index in [2.05, 4.69) is 83.2 Å². The lowest BCUT2D eigenvalue weighted by molar-refractivity contribution is 0.888. The standard InChI is InChI=1S/C19H20BrN3S/c1-13-12-14(5-6-15-7-8-18(20)24-15)22-19(13)16(9-10-21)17-4-3-11-23(17)2/h3-8,11-12H,9-10,21H2,1-2H3. The molecule has 0 atom stereocenters. The molecule has 2 N–H and O–H groups in total. The summed E-state index contributed by atoms with van der Waals surface area (Å²) in [6, 6.07) is 8.33. The molecule has 1 aliphatic heterocycles. The second-order valence-corrected chi connectivity index (χ2v) is 8.20. The van der Waals surface area contributed by atoms with Gasteiger partial charge in [-0.25, -0.2) is 4.99 Å². The molecule has 0 fully saturated rings. The predicted molar refractivity (Wildman–Crippen MR) is 108 cm³/mol.